The quantitative estimate of drug-likeness (QED) is 0.635. The average Bonchev–Trinajstić information content (AvgIpc) is 2.54. The van der Waals surface area contributed by atoms with Gasteiger partial charge in [0.1, 0.15) is 0 Å². The number of nitrogens with one attached hydrogen (secondary N) is 1. The Morgan fingerprint density at radius 3 is 1.87 bits per heavy atom. The number of hydrogen-bond acceptors (Lipinski definition) is 8. The fourth-order valence-corrected chi connectivity index (χ4v) is 1.82. The fraction of sp³-hybridized carbons (Fsp3) is 0. The van der Waals surface area contributed by atoms with Gasteiger partial charge in [0, 0.05) is 5.69 Å². The number of benzene rings is 2. The molecule has 2 aromatic carbocycles. The van der Waals surface area contributed by atoms with Gasteiger partial charge in [-0.2, -0.15) is 25.2 Å². The topological polar surface area (TPSA) is 127 Å². The van der Waals surface area contributed by atoms with Crippen LogP contribution in [-0.4, -0.2) is 15.0 Å². The van der Waals surface area contributed by atoms with Crippen molar-refractivity contribution in [2.45, 2.75) is 0 Å². The first kappa shape index (κ1) is 14.4. The lowest BCUT2D eigenvalue weighted by molar-refractivity contribution is 1.08. The molecule has 0 fully saturated rings. The Bertz CT molecular complexity index is 794. The summed E-state index contributed by atoms with van der Waals surface area (Å²) in [5.74, 6) is 0.412. The standard InChI is InChI=1S/C15H14N8/c16-13-19-14(17)21-15(20-13)18-10-6-8-12(9-7-10)23-22-11-4-2-1-3-5-11/h1-9H,(H5,16,17,18,19,20,21). The van der Waals surface area contributed by atoms with Gasteiger partial charge in [-0.3, -0.25) is 0 Å². The van der Waals surface area contributed by atoms with E-state index in [1.165, 1.54) is 0 Å². The van der Waals surface area contributed by atoms with Gasteiger partial charge in [0.25, 0.3) is 0 Å². The molecule has 0 atom stereocenters. The molecule has 0 unspecified atom stereocenters. The summed E-state index contributed by atoms with van der Waals surface area (Å²) in [4.78, 5) is 11.6. The average molecular weight is 306 g/mol. The number of aromatic nitrogens is 3. The van der Waals surface area contributed by atoms with Crippen molar-refractivity contribution in [1.82, 2.24) is 15.0 Å². The summed E-state index contributed by atoms with van der Waals surface area (Å²) in [6.45, 7) is 0. The lowest BCUT2D eigenvalue weighted by Crippen LogP contribution is -2.06. The number of anilines is 4. The number of nitrogen functional groups attached to an aromatic ring is 2. The molecule has 0 saturated heterocycles. The molecule has 0 radical (unpaired) electrons. The zero-order valence-corrected chi connectivity index (χ0v) is 12.1. The van der Waals surface area contributed by atoms with E-state index < -0.39 is 0 Å². The van der Waals surface area contributed by atoms with Gasteiger partial charge in [0.15, 0.2) is 0 Å². The van der Waals surface area contributed by atoms with E-state index in [1.807, 2.05) is 54.6 Å². The van der Waals surface area contributed by atoms with Crippen LogP contribution in [0.1, 0.15) is 0 Å². The molecule has 0 aliphatic rings. The van der Waals surface area contributed by atoms with Crippen molar-refractivity contribution in [1.29, 1.82) is 0 Å². The van der Waals surface area contributed by atoms with Crippen molar-refractivity contribution >= 4 is 34.9 Å². The minimum Gasteiger partial charge on any atom is -0.368 e. The first-order valence-electron chi connectivity index (χ1n) is 6.80. The van der Waals surface area contributed by atoms with Crippen molar-refractivity contribution in [3.05, 3.63) is 54.6 Å². The summed E-state index contributed by atoms with van der Waals surface area (Å²) in [5.41, 5.74) is 13.3. The Balaban J connectivity index is 1.71. The Morgan fingerprint density at radius 2 is 1.26 bits per heavy atom. The molecule has 3 aromatic rings. The van der Waals surface area contributed by atoms with Crippen LogP contribution in [0.3, 0.4) is 0 Å². The Labute approximate surface area is 132 Å². The van der Waals surface area contributed by atoms with Crippen LogP contribution in [0.25, 0.3) is 0 Å². The monoisotopic (exact) mass is 306 g/mol. The van der Waals surface area contributed by atoms with E-state index in [4.69, 9.17) is 11.5 Å². The van der Waals surface area contributed by atoms with Gasteiger partial charge in [-0.15, -0.1) is 0 Å². The molecule has 0 amide bonds. The van der Waals surface area contributed by atoms with Crippen LogP contribution >= 0.6 is 0 Å². The number of hydrogen-bond donors (Lipinski definition) is 3. The maximum absolute atomic E-state index is 5.52. The summed E-state index contributed by atoms with van der Waals surface area (Å²) in [6, 6.07) is 16.8. The molecule has 0 spiro atoms. The summed E-state index contributed by atoms with van der Waals surface area (Å²) < 4.78 is 0. The summed E-state index contributed by atoms with van der Waals surface area (Å²) in [6.07, 6.45) is 0. The molecule has 5 N–H and O–H groups in total. The molecule has 23 heavy (non-hydrogen) atoms. The first-order chi connectivity index (χ1) is 11.2. The third-order valence-electron chi connectivity index (χ3n) is 2.83. The second kappa shape index (κ2) is 6.48. The highest BCUT2D eigenvalue weighted by Gasteiger charge is 2.02. The van der Waals surface area contributed by atoms with Crippen molar-refractivity contribution < 1.29 is 0 Å². The third-order valence-corrected chi connectivity index (χ3v) is 2.83. The van der Waals surface area contributed by atoms with Crippen LogP contribution in [-0.2, 0) is 0 Å². The summed E-state index contributed by atoms with van der Waals surface area (Å²) in [7, 11) is 0. The number of nitrogens with two attached hydrogens (primary N) is 2. The van der Waals surface area contributed by atoms with Gasteiger partial charge < -0.3 is 16.8 Å². The van der Waals surface area contributed by atoms with Crippen LogP contribution in [0.15, 0.2) is 64.8 Å². The molecule has 0 aliphatic heterocycles. The molecular formula is C15H14N8. The zero-order chi connectivity index (χ0) is 16.1. The van der Waals surface area contributed by atoms with E-state index in [0.717, 1.165) is 17.1 Å². The van der Waals surface area contributed by atoms with Gasteiger partial charge >= 0.3 is 0 Å². The Morgan fingerprint density at radius 1 is 0.696 bits per heavy atom. The number of rotatable bonds is 4. The van der Waals surface area contributed by atoms with E-state index in [0.29, 0.717) is 0 Å². The third kappa shape index (κ3) is 3.97. The maximum Gasteiger partial charge on any atom is 0.233 e. The zero-order valence-electron chi connectivity index (χ0n) is 12.1. The van der Waals surface area contributed by atoms with Gasteiger partial charge in [-0.25, -0.2) is 0 Å². The minimum absolute atomic E-state index is 0.0632. The number of nitrogens with zero attached hydrogens (tertiary/aromatic N) is 5. The van der Waals surface area contributed by atoms with Crippen LogP contribution < -0.4 is 16.8 Å². The van der Waals surface area contributed by atoms with Crippen LogP contribution in [0.5, 0.6) is 0 Å². The molecule has 1 aromatic heterocycles. The second-order valence-electron chi connectivity index (χ2n) is 4.58. The summed E-state index contributed by atoms with van der Waals surface area (Å²) in [5, 5.41) is 11.3. The van der Waals surface area contributed by atoms with Gasteiger partial charge in [-0.1, -0.05) is 18.2 Å². The Kier molecular flexibility index (Phi) is 4.05. The number of azo groups is 1. The molecule has 0 bridgehead atoms. The van der Waals surface area contributed by atoms with Gasteiger partial charge in [0.05, 0.1) is 11.4 Å². The summed E-state index contributed by atoms with van der Waals surface area (Å²) >= 11 is 0. The Hall–Kier alpha value is -3.55. The lowest BCUT2D eigenvalue weighted by Gasteiger charge is -2.05. The molecule has 8 heteroatoms. The van der Waals surface area contributed by atoms with E-state index in [-0.39, 0.29) is 17.8 Å². The molecule has 1 heterocycles. The van der Waals surface area contributed by atoms with Gasteiger partial charge in [-0.05, 0) is 36.4 Å². The largest absolute Gasteiger partial charge is 0.368 e. The minimum atomic E-state index is 0.0632. The van der Waals surface area contributed by atoms with E-state index in [1.54, 1.807) is 0 Å². The highest BCUT2D eigenvalue weighted by Crippen LogP contribution is 2.21. The van der Waals surface area contributed by atoms with Crippen molar-refractivity contribution in [3.8, 4) is 0 Å². The maximum atomic E-state index is 5.52. The lowest BCUT2D eigenvalue weighted by atomic mass is 10.3. The SMILES string of the molecule is Nc1nc(N)nc(Nc2ccc(N=Nc3ccccc3)cc2)n1. The first-order valence-corrected chi connectivity index (χ1v) is 6.80. The second-order valence-corrected chi connectivity index (χ2v) is 4.58. The molecule has 0 saturated carbocycles. The molecule has 0 aliphatic carbocycles. The molecular weight excluding hydrogens is 292 g/mol. The molecule has 3 rings (SSSR count). The van der Waals surface area contributed by atoms with E-state index in [9.17, 15) is 0 Å². The molecule has 8 nitrogen and oxygen atoms in total. The van der Waals surface area contributed by atoms with Crippen molar-refractivity contribution in [2.24, 2.45) is 10.2 Å². The smallest absolute Gasteiger partial charge is 0.233 e. The highest BCUT2D eigenvalue weighted by atomic mass is 15.2. The molecule has 114 valence electrons. The van der Waals surface area contributed by atoms with E-state index in [2.05, 4.69) is 30.5 Å². The van der Waals surface area contributed by atoms with Crippen LogP contribution in [0, 0.1) is 0 Å². The van der Waals surface area contributed by atoms with Crippen molar-refractivity contribution in [3.63, 3.8) is 0 Å². The van der Waals surface area contributed by atoms with Crippen LogP contribution in [0.4, 0.5) is 34.9 Å². The van der Waals surface area contributed by atoms with Crippen LogP contribution in [0.2, 0.25) is 0 Å². The van der Waals surface area contributed by atoms with Gasteiger partial charge in [0.2, 0.25) is 17.8 Å². The fourth-order valence-electron chi connectivity index (χ4n) is 1.82. The highest BCUT2D eigenvalue weighted by molar-refractivity contribution is 5.58. The van der Waals surface area contributed by atoms with E-state index >= 15 is 0 Å². The predicted molar refractivity (Wildman–Crippen MR) is 89.0 cm³/mol. The van der Waals surface area contributed by atoms with Crippen molar-refractivity contribution in [2.75, 3.05) is 16.8 Å². The predicted octanol–water partition coefficient (Wildman–Crippen LogP) is 3.20. The normalized spacial score (nSPS) is 10.8.